The second-order valence-electron chi connectivity index (χ2n) is 7.28. The fourth-order valence-corrected chi connectivity index (χ4v) is 3.75. The maximum absolute atomic E-state index is 12.7. The molecular weight excluding hydrogens is 364 g/mol. The highest BCUT2D eigenvalue weighted by atomic mass is 16.2. The summed E-state index contributed by atoms with van der Waals surface area (Å²) in [6.45, 7) is 4.42. The Morgan fingerprint density at radius 2 is 1.97 bits per heavy atom. The van der Waals surface area contributed by atoms with Gasteiger partial charge in [-0.25, -0.2) is 9.78 Å². The number of aryl methyl sites for hydroxylation is 1. The van der Waals surface area contributed by atoms with Crippen LogP contribution in [-0.2, 0) is 6.54 Å². The summed E-state index contributed by atoms with van der Waals surface area (Å²) in [5, 5.41) is 10.5. The van der Waals surface area contributed by atoms with Crippen LogP contribution in [0.2, 0.25) is 0 Å². The third kappa shape index (κ3) is 3.00. The lowest BCUT2D eigenvalue weighted by Gasteiger charge is -2.33. The highest BCUT2D eigenvalue weighted by Crippen LogP contribution is 2.33. The van der Waals surface area contributed by atoms with E-state index in [4.69, 9.17) is 4.98 Å². The van der Waals surface area contributed by atoms with Gasteiger partial charge in [-0.1, -0.05) is 30.3 Å². The number of hydrogen-bond donors (Lipinski definition) is 2. The van der Waals surface area contributed by atoms with Gasteiger partial charge in [-0.15, -0.1) is 0 Å². The number of carbonyl (C=O) groups is 1. The predicted molar refractivity (Wildman–Crippen MR) is 111 cm³/mol. The summed E-state index contributed by atoms with van der Waals surface area (Å²) in [6.07, 6.45) is 1.77. The minimum atomic E-state index is -0.125. The van der Waals surface area contributed by atoms with Gasteiger partial charge in [-0.05, 0) is 37.6 Å². The minimum absolute atomic E-state index is 0.0616. The van der Waals surface area contributed by atoms with Crippen LogP contribution in [0.25, 0.3) is 22.3 Å². The van der Waals surface area contributed by atoms with Gasteiger partial charge >= 0.3 is 6.03 Å². The van der Waals surface area contributed by atoms with Crippen molar-refractivity contribution in [1.82, 2.24) is 25.1 Å². The summed E-state index contributed by atoms with van der Waals surface area (Å²) < 4.78 is 0. The number of urea groups is 1. The first-order valence-corrected chi connectivity index (χ1v) is 9.54. The van der Waals surface area contributed by atoms with Gasteiger partial charge in [0.2, 0.25) is 0 Å². The Balaban J connectivity index is 1.55. The monoisotopic (exact) mass is 384 g/mol. The van der Waals surface area contributed by atoms with Crippen molar-refractivity contribution < 1.29 is 4.79 Å². The van der Waals surface area contributed by atoms with E-state index in [9.17, 15) is 4.79 Å². The molecule has 5 rings (SSSR count). The Hall–Kier alpha value is -3.74. The quantitative estimate of drug-likeness (QED) is 0.547. The van der Waals surface area contributed by atoms with Crippen molar-refractivity contribution in [2.45, 2.75) is 26.4 Å². The number of aromatic nitrogens is 4. The summed E-state index contributed by atoms with van der Waals surface area (Å²) in [5.41, 5.74) is 6.89. The van der Waals surface area contributed by atoms with Crippen molar-refractivity contribution >= 4 is 22.8 Å². The van der Waals surface area contributed by atoms with E-state index in [1.165, 1.54) is 0 Å². The SMILES string of the molecule is Cc1cc(-c2n[nH]c3cc4c(nc23)CN(C(C)c2ccccc2)C(=O)N4)ccn1. The van der Waals surface area contributed by atoms with Gasteiger partial charge in [-0.3, -0.25) is 10.1 Å². The Morgan fingerprint density at radius 3 is 2.76 bits per heavy atom. The van der Waals surface area contributed by atoms with Crippen molar-refractivity contribution in [2.75, 3.05) is 5.32 Å². The first-order chi connectivity index (χ1) is 14.1. The molecule has 1 aromatic carbocycles. The molecule has 1 atom stereocenters. The van der Waals surface area contributed by atoms with E-state index in [2.05, 4.69) is 20.5 Å². The number of nitrogens with one attached hydrogen (secondary N) is 2. The molecule has 1 aliphatic rings. The normalized spacial score (nSPS) is 14.6. The topological polar surface area (TPSA) is 86.8 Å². The molecule has 4 aromatic rings. The van der Waals surface area contributed by atoms with Crippen molar-refractivity contribution in [3.8, 4) is 11.3 Å². The van der Waals surface area contributed by atoms with Gasteiger partial charge in [0.05, 0.1) is 29.5 Å². The van der Waals surface area contributed by atoms with Crippen LogP contribution in [0.5, 0.6) is 0 Å². The van der Waals surface area contributed by atoms with Crippen molar-refractivity contribution in [1.29, 1.82) is 0 Å². The number of pyridine rings is 2. The van der Waals surface area contributed by atoms with E-state index in [0.717, 1.165) is 44.9 Å². The molecule has 7 heteroatoms. The Morgan fingerprint density at radius 1 is 1.14 bits per heavy atom. The Labute approximate surface area is 167 Å². The molecule has 3 aromatic heterocycles. The molecule has 0 fully saturated rings. The number of hydrogen-bond acceptors (Lipinski definition) is 4. The average Bonchev–Trinajstić information content (AvgIpc) is 3.14. The van der Waals surface area contributed by atoms with Gasteiger partial charge in [0.15, 0.2) is 0 Å². The van der Waals surface area contributed by atoms with Crippen molar-refractivity contribution in [3.05, 3.63) is 71.7 Å². The van der Waals surface area contributed by atoms with E-state index in [1.807, 2.05) is 62.4 Å². The number of fused-ring (bicyclic) bond motifs is 2. The number of anilines is 1. The number of aromatic amines is 1. The molecule has 144 valence electrons. The smallest absolute Gasteiger partial charge is 0.312 e. The second-order valence-corrected chi connectivity index (χ2v) is 7.28. The van der Waals surface area contributed by atoms with Crippen LogP contribution in [-0.4, -0.2) is 31.1 Å². The van der Waals surface area contributed by atoms with Crippen LogP contribution in [0.1, 0.15) is 29.9 Å². The fourth-order valence-electron chi connectivity index (χ4n) is 3.75. The molecule has 29 heavy (non-hydrogen) atoms. The molecule has 0 spiro atoms. The molecule has 0 saturated carbocycles. The number of carbonyl (C=O) groups excluding carboxylic acids is 1. The first kappa shape index (κ1) is 17.4. The number of amides is 2. The maximum atomic E-state index is 12.7. The summed E-state index contributed by atoms with van der Waals surface area (Å²) in [7, 11) is 0. The van der Waals surface area contributed by atoms with Crippen LogP contribution in [0.4, 0.5) is 10.5 Å². The average molecular weight is 384 g/mol. The lowest BCUT2D eigenvalue weighted by atomic mass is 10.1. The Kier molecular flexibility index (Phi) is 4.01. The zero-order valence-corrected chi connectivity index (χ0v) is 16.2. The number of benzene rings is 1. The number of rotatable bonds is 3. The van der Waals surface area contributed by atoms with Crippen molar-refractivity contribution in [2.24, 2.45) is 0 Å². The highest BCUT2D eigenvalue weighted by molar-refractivity contribution is 5.97. The molecule has 0 saturated heterocycles. The predicted octanol–water partition coefficient (Wildman–Crippen LogP) is 4.44. The summed E-state index contributed by atoms with van der Waals surface area (Å²) in [6, 6.07) is 15.6. The third-order valence-corrected chi connectivity index (χ3v) is 5.36. The molecule has 1 aliphatic heterocycles. The molecule has 2 amide bonds. The summed E-state index contributed by atoms with van der Waals surface area (Å²) >= 11 is 0. The van der Waals surface area contributed by atoms with E-state index >= 15 is 0 Å². The zero-order chi connectivity index (χ0) is 20.0. The summed E-state index contributed by atoms with van der Waals surface area (Å²) in [5.74, 6) is 0. The van der Waals surface area contributed by atoms with Gasteiger partial charge < -0.3 is 10.2 Å². The molecule has 1 unspecified atom stereocenters. The van der Waals surface area contributed by atoms with E-state index in [-0.39, 0.29) is 12.1 Å². The van der Waals surface area contributed by atoms with Crippen molar-refractivity contribution in [3.63, 3.8) is 0 Å². The molecule has 0 bridgehead atoms. The van der Waals surface area contributed by atoms with E-state index < -0.39 is 0 Å². The fraction of sp³-hybridized carbons (Fsp3) is 0.182. The number of H-pyrrole nitrogens is 1. The van der Waals surface area contributed by atoms with Gasteiger partial charge in [0.25, 0.3) is 0 Å². The number of nitrogens with zero attached hydrogens (tertiary/aromatic N) is 4. The van der Waals surface area contributed by atoms with Crippen LogP contribution in [0, 0.1) is 6.92 Å². The lowest BCUT2D eigenvalue weighted by molar-refractivity contribution is 0.185. The molecule has 7 nitrogen and oxygen atoms in total. The van der Waals surface area contributed by atoms with Crippen LogP contribution in [0.3, 0.4) is 0 Å². The molecule has 0 radical (unpaired) electrons. The second kappa shape index (κ2) is 6.70. The molecule has 0 aliphatic carbocycles. The zero-order valence-electron chi connectivity index (χ0n) is 16.2. The van der Waals surface area contributed by atoms with Crippen LogP contribution < -0.4 is 5.32 Å². The van der Waals surface area contributed by atoms with Gasteiger partial charge in [-0.2, -0.15) is 5.10 Å². The lowest BCUT2D eigenvalue weighted by Crippen LogP contribution is -2.40. The maximum Gasteiger partial charge on any atom is 0.322 e. The van der Waals surface area contributed by atoms with Crippen LogP contribution in [0.15, 0.2) is 54.7 Å². The largest absolute Gasteiger partial charge is 0.322 e. The molecule has 4 heterocycles. The first-order valence-electron chi connectivity index (χ1n) is 9.54. The molecule has 2 N–H and O–H groups in total. The summed E-state index contributed by atoms with van der Waals surface area (Å²) in [4.78, 5) is 23.7. The van der Waals surface area contributed by atoms with Gasteiger partial charge in [0.1, 0.15) is 11.2 Å². The van der Waals surface area contributed by atoms with Gasteiger partial charge in [0, 0.05) is 17.5 Å². The molecular formula is C22H20N6O. The van der Waals surface area contributed by atoms with E-state index in [0.29, 0.717) is 6.54 Å². The highest BCUT2D eigenvalue weighted by Gasteiger charge is 2.29. The Bertz CT molecular complexity index is 1220. The third-order valence-electron chi connectivity index (χ3n) is 5.36. The van der Waals surface area contributed by atoms with Crippen LogP contribution >= 0.6 is 0 Å². The minimum Gasteiger partial charge on any atom is -0.312 e. The van der Waals surface area contributed by atoms with E-state index in [1.54, 1.807) is 11.1 Å². The standard InChI is InChI=1S/C22H20N6O/c1-13-10-16(8-9-23-13)20-21-18(26-27-20)11-17-19(24-21)12-28(22(29)25-17)14(2)15-6-4-3-5-7-15/h3-11,14H,12H2,1-2H3,(H,25,29)(H,26,27).